The first-order chi connectivity index (χ1) is 7.09. The van der Waals surface area contributed by atoms with Gasteiger partial charge < -0.3 is 0 Å². The number of hydrogen-bond acceptors (Lipinski definition) is 2. The van der Waals surface area contributed by atoms with Crippen molar-refractivity contribution in [3.05, 3.63) is 0 Å². The van der Waals surface area contributed by atoms with Crippen molar-refractivity contribution in [3.63, 3.8) is 0 Å². The van der Waals surface area contributed by atoms with Gasteiger partial charge in [0, 0.05) is 9.49 Å². The molecule has 104 valence electrons. The second-order valence-electron chi connectivity index (χ2n) is 5.50. The highest BCUT2D eigenvalue weighted by Gasteiger charge is 2.47. The average molecular weight is 293 g/mol. The van der Waals surface area contributed by atoms with Crippen molar-refractivity contribution in [2.24, 2.45) is 3.77 Å². The molecule has 0 aliphatic carbocycles. The molecule has 3 nitrogen and oxygen atoms in total. The molecule has 0 heterocycles. The summed E-state index contributed by atoms with van der Waals surface area (Å²) in [5.74, 6) is 0. The largest absolute Gasteiger partial charge is 0.519 e. The molecule has 0 unspecified atom stereocenters. The number of halogens is 3. The van der Waals surface area contributed by atoms with Crippen LogP contribution in [0.3, 0.4) is 0 Å². The third-order valence-electron chi connectivity index (χ3n) is 1.63. The molecule has 0 N–H and O–H groups in total. The van der Waals surface area contributed by atoms with Crippen LogP contribution in [0.1, 0.15) is 41.5 Å². The Morgan fingerprint density at radius 2 is 1.18 bits per heavy atom. The van der Waals surface area contributed by atoms with Crippen LogP contribution in [0.15, 0.2) is 3.77 Å². The number of sulfonamides is 1. The second-order valence-corrected chi connectivity index (χ2v) is 10.5. The maximum Gasteiger partial charge on any atom is 0.519 e. The molecule has 0 spiro atoms. The fourth-order valence-electron chi connectivity index (χ4n) is 1.28. The van der Waals surface area contributed by atoms with E-state index in [1.807, 2.05) is 0 Å². The van der Waals surface area contributed by atoms with Gasteiger partial charge in [-0.15, -0.1) is 3.77 Å². The van der Waals surface area contributed by atoms with Gasteiger partial charge in [0.2, 0.25) is 0 Å². The normalized spacial score (nSPS) is 15.2. The summed E-state index contributed by atoms with van der Waals surface area (Å²) in [5, 5.41) is 0. The zero-order chi connectivity index (χ0) is 14.3. The first-order valence-electron chi connectivity index (χ1n) is 4.88. The smallest absolute Gasteiger partial charge is 0.194 e. The first-order valence-corrected chi connectivity index (χ1v) is 7.50. The van der Waals surface area contributed by atoms with Crippen molar-refractivity contribution in [2.75, 3.05) is 0 Å². The van der Waals surface area contributed by atoms with E-state index in [4.69, 9.17) is 0 Å². The van der Waals surface area contributed by atoms with E-state index >= 15 is 0 Å². The lowest BCUT2D eigenvalue weighted by molar-refractivity contribution is -0.0434. The van der Waals surface area contributed by atoms with Crippen molar-refractivity contribution < 1.29 is 21.6 Å². The third-order valence-corrected chi connectivity index (χ3v) is 5.91. The summed E-state index contributed by atoms with van der Waals surface area (Å²) < 4.78 is 60.8. The van der Waals surface area contributed by atoms with Gasteiger partial charge in [0.25, 0.3) is 0 Å². The van der Waals surface area contributed by atoms with Gasteiger partial charge in [0.1, 0.15) is 0 Å². The quantitative estimate of drug-likeness (QED) is 0.745. The van der Waals surface area contributed by atoms with Crippen LogP contribution in [-0.4, -0.2) is 23.4 Å². The zero-order valence-electron chi connectivity index (χ0n) is 10.7. The van der Waals surface area contributed by atoms with Gasteiger partial charge in [0.15, 0.2) is 0 Å². The Morgan fingerprint density at radius 1 is 0.882 bits per heavy atom. The summed E-state index contributed by atoms with van der Waals surface area (Å²) >= 11 is 0. The molecule has 0 rings (SSSR count). The van der Waals surface area contributed by atoms with Gasteiger partial charge in [-0.2, -0.15) is 21.6 Å². The molecule has 0 aromatic carbocycles. The highest BCUT2D eigenvalue weighted by Crippen LogP contribution is 2.32. The van der Waals surface area contributed by atoms with Crippen LogP contribution in [0.2, 0.25) is 0 Å². The molecule has 0 saturated carbocycles. The predicted octanol–water partition coefficient (Wildman–Crippen LogP) is 3.23. The van der Waals surface area contributed by atoms with Crippen molar-refractivity contribution in [3.8, 4) is 0 Å². The van der Waals surface area contributed by atoms with Gasteiger partial charge in [0.05, 0.1) is 0 Å². The molecule has 0 radical (unpaired) electrons. The molecular formula is C9H18F3NO2S2. The Kier molecular flexibility index (Phi) is 4.50. The Bertz CT molecular complexity index is 395. The minimum Gasteiger partial charge on any atom is -0.194 e. The second kappa shape index (κ2) is 4.53. The van der Waals surface area contributed by atoms with Gasteiger partial charge in [-0.25, -0.2) is 0 Å². The van der Waals surface area contributed by atoms with Crippen LogP contribution in [0.4, 0.5) is 13.2 Å². The summed E-state index contributed by atoms with van der Waals surface area (Å²) in [5.41, 5.74) is -5.32. The molecule has 17 heavy (non-hydrogen) atoms. The molecule has 0 atom stereocenters. The Labute approximate surface area is 103 Å². The minimum absolute atomic E-state index is 0.642. The molecule has 8 heteroatoms. The van der Waals surface area contributed by atoms with Gasteiger partial charge in [-0.05, 0) is 41.5 Å². The Hall–Kier alpha value is -0.110. The van der Waals surface area contributed by atoms with Crippen LogP contribution < -0.4 is 0 Å². The summed E-state index contributed by atoms with van der Waals surface area (Å²) in [4.78, 5) is 0. The van der Waals surface area contributed by atoms with E-state index in [0.717, 1.165) is 0 Å². The zero-order valence-corrected chi connectivity index (χ0v) is 12.3. The lowest BCUT2D eigenvalue weighted by Gasteiger charge is -2.33. The van der Waals surface area contributed by atoms with Crippen LogP contribution in [0.25, 0.3) is 0 Å². The SMILES string of the molecule is CC(C)(C)S(=NS(=O)(=O)C(F)(F)F)C(C)(C)C. The van der Waals surface area contributed by atoms with Crippen LogP contribution in [0.5, 0.6) is 0 Å². The monoisotopic (exact) mass is 293 g/mol. The lowest BCUT2D eigenvalue weighted by Crippen LogP contribution is -2.37. The number of rotatable bonds is 1. The van der Waals surface area contributed by atoms with Crippen molar-refractivity contribution >= 4 is 20.7 Å². The maximum atomic E-state index is 12.3. The summed E-state index contributed by atoms with van der Waals surface area (Å²) in [7, 11) is -6.68. The van der Waals surface area contributed by atoms with E-state index in [1.165, 1.54) is 0 Å². The minimum atomic E-state index is -5.43. The number of nitrogens with zero attached hydrogens (tertiary/aromatic N) is 1. The molecule has 0 bridgehead atoms. The van der Waals surface area contributed by atoms with Crippen LogP contribution in [-0.2, 0) is 20.7 Å². The summed E-state index contributed by atoms with van der Waals surface area (Å²) in [6.07, 6.45) is 0. The van der Waals surface area contributed by atoms with E-state index in [2.05, 4.69) is 3.77 Å². The third kappa shape index (κ3) is 4.57. The van der Waals surface area contributed by atoms with E-state index in [1.54, 1.807) is 41.5 Å². The fraction of sp³-hybridized carbons (Fsp3) is 1.00. The van der Waals surface area contributed by atoms with E-state index < -0.39 is 35.7 Å². The molecule has 0 amide bonds. The average Bonchev–Trinajstić information content (AvgIpc) is 1.93. The van der Waals surface area contributed by atoms with Gasteiger partial charge >= 0.3 is 15.5 Å². The molecule has 0 aliphatic heterocycles. The number of hydrogen-bond donors (Lipinski definition) is 0. The molecule has 0 aliphatic rings. The van der Waals surface area contributed by atoms with E-state index in [-0.39, 0.29) is 0 Å². The summed E-state index contributed by atoms with van der Waals surface area (Å²) in [6.45, 7) is 10.1. The van der Waals surface area contributed by atoms with Crippen molar-refractivity contribution in [1.82, 2.24) is 0 Å². The Morgan fingerprint density at radius 3 is 1.35 bits per heavy atom. The van der Waals surface area contributed by atoms with E-state index in [0.29, 0.717) is 0 Å². The van der Waals surface area contributed by atoms with Crippen molar-refractivity contribution in [2.45, 2.75) is 56.5 Å². The van der Waals surface area contributed by atoms with E-state index in [9.17, 15) is 21.6 Å². The highest BCUT2D eigenvalue weighted by atomic mass is 32.3. The standard InChI is InChI=1S/C9H18F3NO2S2/c1-7(2,3)16(8(4,5)6)13-17(14,15)9(10,11)12/h1-6H3. The molecule has 0 aromatic rings. The first kappa shape index (κ1) is 16.9. The van der Waals surface area contributed by atoms with Crippen molar-refractivity contribution in [1.29, 1.82) is 0 Å². The fourth-order valence-corrected chi connectivity index (χ4v) is 6.03. The molecule has 0 aromatic heterocycles. The lowest BCUT2D eigenvalue weighted by atomic mass is 10.2. The number of alkyl halides is 3. The van der Waals surface area contributed by atoms with Crippen LogP contribution >= 0.6 is 0 Å². The molecular weight excluding hydrogens is 275 g/mol. The Balaban J connectivity index is 5.87. The predicted molar refractivity (Wildman–Crippen MR) is 64.3 cm³/mol. The van der Waals surface area contributed by atoms with Gasteiger partial charge in [-0.3, -0.25) is 0 Å². The maximum absolute atomic E-state index is 12.3. The molecule has 0 fully saturated rings. The van der Waals surface area contributed by atoms with Gasteiger partial charge in [-0.1, -0.05) is 10.7 Å². The highest BCUT2D eigenvalue weighted by molar-refractivity contribution is 8.01. The molecule has 0 saturated heterocycles. The van der Waals surface area contributed by atoms with Crippen LogP contribution in [0, 0.1) is 0 Å². The topological polar surface area (TPSA) is 46.5 Å². The summed E-state index contributed by atoms with van der Waals surface area (Å²) in [6, 6.07) is 0.